The molecule has 0 aromatic heterocycles. The molecule has 0 aromatic carbocycles. The van der Waals surface area contributed by atoms with Crippen LogP contribution in [0.2, 0.25) is 0 Å². The summed E-state index contributed by atoms with van der Waals surface area (Å²) in [5, 5.41) is 9.97. The Hall–Kier alpha value is -0.510. The van der Waals surface area contributed by atoms with Crippen LogP contribution >= 0.6 is 0 Å². The Morgan fingerprint density at radius 2 is 1.33 bits per heavy atom. The topological polar surface area (TPSA) is 23.8 Å². The van der Waals surface area contributed by atoms with Crippen LogP contribution in [0.5, 0.6) is 0 Å². The van der Waals surface area contributed by atoms with Gasteiger partial charge in [-0.15, -0.1) is 0 Å². The van der Waals surface area contributed by atoms with Crippen LogP contribution in [0.15, 0.2) is 0 Å². The first-order valence-electron chi connectivity index (χ1n) is 11.1. The fourth-order valence-electron chi connectivity index (χ4n) is 5.45. The van der Waals surface area contributed by atoms with Gasteiger partial charge in [0.2, 0.25) is 0 Å². The van der Waals surface area contributed by atoms with Crippen LogP contribution in [0.1, 0.15) is 117 Å². The van der Waals surface area contributed by atoms with Gasteiger partial charge in [-0.05, 0) is 56.3 Å². The van der Waals surface area contributed by atoms with E-state index < -0.39 is 0 Å². The van der Waals surface area contributed by atoms with Crippen molar-refractivity contribution in [2.75, 3.05) is 0 Å². The highest BCUT2D eigenvalue weighted by molar-refractivity contribution is 5.06. The summed E-state index contributed by atoms with van der Waals surface area (Å²) in [6, 6.07) is 2.84. The van der Waals surface area contributed by atoms with Crippen LogP contribution in [0.25, 0.3) is 0 Å². The molecule has 0 spiro atoms. The molecule has 138 valence electrons. The van der Waals surface area contributed by atoms with Gasteiger partial charge in [-0.25, -0.2) is 0 Å². The molecule has 0 saturated heterocycles. The molecule has 24 heavy (non-hydrogen) atoms. The normalized spacial score (nSPS) is 34.0. The van der Waals surface area contributed by atoms with Gasteiger partial charge < -0.3 is 0 Å². The molecule has 1 nitrogen and oxygen atoms in total. The highest BCUT2D eigenvalue weighted by Crippen LogP contribution is 2.50. The minimum absolute atomic E-state index is 0.0515. The molecule has 2 saturated carbocycles. The Labute approximate surface area is 151 Å². The monoisotopic (exact) mass is 331 g/mol. The molecule has 2 aliphatic rings. The van der Waals surface area contributed by atoms with E-state index in [1.54, 1.807) is 0 Å². The molecule has 2 rings (SSSR count). The second-order valence-corrected chi connectivity index (χ2v) is 8.92. The molecule has 0 amide bonds. The van der Waals surface area contributed by atoms with Crippen molar-refractivity contribution in [1.29, 1.82) is 5.26 Å². The van der Waals surface area contributed by atoms with Gasteiger partial charge in [0.25, 0.3) is 0 Å². The first kappa shape index (κ1) is 19.8. The van der Waals surface area contributed by atoms with Crippen LogP contribution < -0.4 is 0 Å². The zero-order chi connectivity index (χ0) is 17.3. The van der Waals surface area contributed by atoms with Gasteiger partial charge in [-0.3, -0.25) is 0 Å². The Bertz CT molecular complexity index is 364. The summed E-state index contributed by atoms with van der Waals surface area (Å²) >= 11 is 0. The fourth-order valence-corrected chi connectivity index (χ4v) is 5.45. The van der Waals surface area contributed by atoms with Crippen molar-refractivity contribution in [2.24, 2.45) is 23.2 Å². The van der Waals surface area contributed by atoms with E-state index in [1.807, 2.05) is 0 Å². The Kier molecular flexibility index (Phi) is 8.65. The molecule has 2 aliphatic carbocycles. The number of nitrogens with zero attached hydrogens (tertiary/aromatic N) is 1. The maximum absolute atomic E-state index is 9.97. The van der Waals surface area contributed by atoms with Crippen LogP contribution in [-0.4, -0.2) is 0 Å². The third kappa shape index (κ3) is 5.50. The van der Waals surface area contributed by atoms with Gasteiger partial charge in [0, 0.05) is 0 Å². The molecule has 0 unspecified atom stereocenters. The lowest BCUT2D eigenvalue weighted by Crippen LogP contribution is -2.36. The molecule has 0 atom stereocenters. The first-order chi connectivity index (χ1) is 11.7. The predicted octanol–water partition coefficient (Wildman–Crippen LogP) is 7.65. The Morgan fingerprint density at radius 3 is 1.92 bits per heavy atom. The molecular weight excluding hydrogens is 290 g/mol. The third-order valence-electron chi connectivity index (χ3n) is 7.28. The van der Waals surface area contributed by atoms with E-state index in [9.17, 15) is 5.26 Å². The Balaban J connectivity index is 1.74. The molecule has 1 heteroatoms. The maximum Gasteiger partial charge on any atom is 0.0692 e. The number of nitriles is 1. The molecule has 2 fully saturated rings. The van der Waals surface area contributed by atoms with Crippen molar-refractivity contribution < 1.29 is 0 Å². The summed E-state index contributed by atoms with van der Waals surface area (Å²) in [5.41, 5.74) is 0.0515. The van der Waals surface area contributed by atoms with E-state index in [1.165, 1.54) is 103 Å². The summed E-state index contributed by atoms with van der Waals surface area (Å²) in [6.45, 7) is 4.59. The highest BCUT2D eigenvalue weighted by Gasteiger charge is 2.43. The van der Waals surface area contributed by atoms with Crippen molar-refractivity contribution in [3.8, 4) is 6.07 Å². The highest BCUT2D eigenvalue weighted by atomic mass is 14.5. The van der Waals surface area contributed by atoms with Crippen molar-refractivity contribution in [2.45, 2.75) is 117 Å². The Morgan fingerprint density at radius 1 is 0.750 bits per heavy atom. The number of hydrogen-bond donors (Lipinski definition) is 0. The average molecular weight is 332 g/mol. The van der Waals surface area contributed by atoms with Gasteiger partial charge >= 0.3 is 0 Å². The standard InChI is InChI=1S/C23H41N/c1-3-5-7-8-10-20-11-13-22(14-12-20)23(19-24)17-15-21(16-18-23)9-6-4-2/h20-22H,3-18H2,1-2H3/t20?,21-,22?,23-. The summed E-state index contributed by atoms with van der Waals surface area (Å²) < 4.78 is 0. The van der Waals surface area contributed by atoms with Crippen molar-refractivity contribution in [3.63, 3.8) is 0 Å². The molecule has 0 heterocycles. The largest absolute Gasteiger partial charge is 0.198 e. The van der Waals surface area contributed by atoms with Crippen molar-refractivity contribution >= 4 is 0 Å². The summed E-state index contributed by atoms with van der Waals surface area (Å²) in [7, 11) is 0. The third-order valence-corrected chi connectivity index (χ3v) is 7.28. The van der Waals surface area contributed by atoms with Crippen molar-refractivity contribution in [1.82, 2.24) is 0 Å². The summed E-state index contributed by atoms with van der Waals surface area (Å²) in [6.07, 6.45) is 21.7. The average Bonchev–Trinajstić information content (AvgIpc) is 2.64. The van der Waals surface area contributed by atoms with E-state index >= 15 is 0 Å². The molecule has 0 radical (unpaired) electrons. The van der Waals surface area contributed by atoms with Crippen LogP contribution in [0.3, 0.4) is 0 Å². The second kappa shape index (κ2) is 10.5. The second-order valence-electron chi connectivity index (χ2n) is 8.92. The quantitative estimate of drug-likeness (QED) is 0.398. The predicted molar refractivity (Wildman–Crippen MR) is 104 cm³/mol. The fraction of sp³-hybridized carbons (Fsp3) is 0.957. The van der Waals surface area contributed by atoms with Crippen LogP contribution in [0, 0.1) is 34.5 Å². The summed E-state index contributed by atoms with van der Waals surface area (Å²) in [5.74, 6) is 2.59. The van der Waals surface area contributed by atoms with Gasteiger partial charge in [0.15, 0.2) is 0 Å². The molecule has 0 N–H and O–H groups in total. The van der Waals surface area contributed by atoms with E-state index in [0.717, 1.165) is 11.8 Å². The van der Waals surface area contributed by atoms with E-state index in [2.05, 4.69) is 19.9 Å². The van der Waals surface area contributed by atoms with Gasteiger partial charge in [0.05, 0.1) is 11.5 Å². The SMILES string of the molecule is CCCCCCC1CCC([C@]2(C#N)CC[C@@H](CCCC)CC2)CC1. The van der Waals surface area contributed by atoms with E-state index in [-0.39, 0.29) is 5.41 Å². The molecule has 0 bridgehead atoms. The minimum Gasteiger partial charge on any atom is -0.198 e. The van der Waals surface area contributed by atoms with Crippen LogP contribution in [-0.2, 0) is 0 Å². The van der Waals surface area contributed by atoms with Crippen molar-refractivity contribution in [3.05, 3.63) is 0 Å². The molecule has 0 aliphatic heterocycles. The van der Waals surface area contributed by atoms with Crippen LogP contribution in [0.4, 0.5) is 0 Å². The maximum atomic E-state index is 9.97. The molecule has 0 aromatic rings. The minimum atomic E-state index is 0.0515. The number of rotatable bonds is 9. The van der Waals surface area contributed by atoms with Gasteiger partial charge in [-0.2, -0.15) is 5.26 Å². The number of unbranched alkanes of at least 4 members (excludes halogenated alkanes) is 4. The lowest BCUT2D eigenvalue weighted by atomic mass is 9.59. The van der Waals surface area contributed by atoms with Gasteiger partial charge in [-0.1, -0.05) is 78.1 Å². The van der Waals surface area contributed by atoms with Gasteiger partial charge in [0.1, 0.15) is 0 Å². The lowest BCUT2D eigenvalue weighted by Gasteiger charge is -2.43. The zero-order valence-corrected chi connectivity index (χ0v) is 16.5. The molecular formula is C23H41N. The lowest BCUT2D eigenvalue weighted by molar-refractivity contribution is 0.0843. The first-order valence-corrected chi connectivity index (χ1v) is 11.1. The zero-order valence-electron chi connectivity index (χ0n) is 16.5. The van der Waals surface area contributed by atoms with E-state index in [4.69, 9.17) is 0 Å². The smallest absolute Gasteiger partial charge is 0.0692 e. The van der Waals surface area contributed by atoms with E-state index in [0.29, 0.717) is 5.92 Å². The summed E-state index contributed by atoms with van der Waals surface area (Å²) in [4.78, 5) is 0. The number of hydrogen-bond acceptors (Lipinski definition) is 1.